The number of rotatable bonds is 1. The Balaban J connectivity index is 1.70. The van der Waals surface area contributed by atoms with Crippen LogP contribution >= 0.6 is 7.82 Å². The van der Waals surface area contributed by atoms with Crippen LogP contribution in [0.3, 0.4) is 0 Å². The second kappa shape index (κ2) is 4.80. The number of nitrogens with zero attached hydrogens (tertiary/aromatic N) is 4. The van der Waals surface area contributed by atoms with Crippen LogP contribution in [0.5, 0.6) is 0 Å². The third kappa shape index (κ3) is 2.09. The predicted octanol–water partition coefficient (Wildman–Crippen LogP) is -0.905. The molecule has 3 N–H and O–H groups in total. The number of aromatic nitrogens is 4. The summed E-state index contributed by atoms with van der Waals surface area (Å²) in [5.74, 6) is 0.212. The minimum atomic E-state index is -3.29. The number of hydrogen-bond donors (Lipinski definition) is 2. The standard InChI is InChI=1S/C10H14BFN5O4P/c11-22(18)19-1-4-7(21-22)5(12)10(20-4)17-3-16-6-8(13)14-2-15-9(6)17/h2-5,7,10,18,22H,1,11H2,(H2,13,14,15)/t4-,5?,7-,10-/m1/s1. The van der Waals surface area contributed by atoms with E-state index < -0.39 is 32.4 Å². The summed E-state index contributed by atoms with van der Waals surface area (Å²) in [6.07, 6.45) is -1.24. The van der Waals surface area contributed by atoms with Crippen molar-refractivity contribution in [1.82, 2.24) is 19.5 Å². The van der Waals surface area contributed by atoms with E-state index in [-0.39, 0.29) is 12.4 Å². The van der Waals surface area contributed by atoms with E-state index in [2.05, 4.69) is 15.0 Å². The molecule has 0 aliphatic carbocycles. The number of fused-ring (bicyclic) bond motifs is 2. The van der Waals surface area contributed by atoms with Crippen LogP contribution < -0.4 is 5.73 Å². The van der Waals surface area contributed by atoms with Gasteiger partial charge in [0.1, 0.15) is 0 Å². The van der Waals surface area contributed by atoms with Gasteiger partial charge in [0.05, 0.1) is 0 Å². The Labute approximate surface area is 125 Å². The van der Waals surface area contributed by atoms with E-state index in [1.807, 2.05) is 0 Å². The molecule has 4 heterocycles. The number of halogens is 1. The second-order valence-electron chi connectivity index (χ2n) is 5.38. The van der Waals surface area contributed by atoms with E-state index in [1.54, 1.807) is 0 Å². The van der Waals surface area contributed by atoms with Gasteiger partial charge in [-0.1, -0.05) is 0 Å². The SMILES string of the molecule is B[PH]1(O)OC[C@H]2O[C@@H](n3cnc4c(N)ncnc43)C(F)[C@@H]2O1. The quantitative estimate of drug-likeness (QED) is 0.510. The van der Waals surface area contributed by atoms with Crippen molar-refractivity contribution in [3.05, 3.63) is 12.7 Å². The molecule has 4 atom stereocenters. The minimum absolute atomic E-state index is 0.0879. The van der Waals surface area contributed by atoms with Gasteiger partial charge in [0, 0.05) is 0 Å². The molecule has 0 spiro atoms. The fourth-order valence-electron chi connectivity index (χ4n) is 2.77. The number of ether oxygens (including phenoxy) is 1. The van der Waals surface area contributed by atoms with Gasteiger partial charge < -0.3 is 0 Å². The average molecular weight is 329 g/mol. The van der Waals surface area contributed by atoms with E-state index >= 15 is 0 Å². The van der Waals surface area contributed by atoms with Crippen LogP contribution in [0.1, 0.15) is 6.23 Å². The molecule has 2 saturated heterocycles. The van der Waals surface area contributed by atoms with Crippen molar-refractivity contribution in [1.29, 1.82) is 0 Å². The van der Waals surface area contributed by atoms with Crippen molar-refractivity contribution < 1.29 is 23.1 Å². The zero-order valence-corrected chi connectivity index (χ0v) is 12.6. The Hall–Kier alpha value is -1.39. The van der Waals surface area contributed by atoms with E-state index in [0.717, 1.165) is 0 Å². The molecule has 118 valence electrons. The number of nitrogens with two attached hydrogens (primary N) is 1. The third-order valence-corrected chi connectivity index (χ3v) is 5.21. The van der Waals surface area contributed by atoms with Gasteiger partial charge >= 0.3 is 125 Å². The predicted molar refractivity (Wildman–Crippen MR) is 78.4 cm³/mol. The summed E-state index contributed by atoms with van der Waals surface area (Å²) >= 11 is 0. The van der Waals surface area contributed by atoms with Gasteiger partial charge in [-0.05, 0) is 0 Å². The molecule has 2 aliphatic rings. The molecule has 0 radical (unpaired) electrons. The Morgan fingerprint density at radius 3 is 3.09 bits per heavy atom. The molecule has 9 nitrogen and oxygen atoms in total. The van der Waals surface area contributed by atoms with Gasteiger partial charge in [-0.25, -0.2) is 0 Å². The number of nitrogen functional groups attached to an aromatic ring is 1. The van der Waals surface area contributed by atoms with Crippen molar-refractivity contribution in [3.63, 3.8) is 0 Å². The van der Waals surface area contributed by atoms with E-state index in [4.69, 9.17) is 19.5 Å². The van der Waals surface area contributed by atoms with Crippen molar-refractivity contribution in [3.8, 4) is 0 Å². The summed E-state index contributed by atoms with van der Waals surface area (Å²) in [6.45, 7) is 0.0879. The molecule has 0 bridgehead atoms. The van der Waals surface area contributed by atoms with E-state index in [0.29, 0.717) is 11.2 Å². The fraction of sp³-hybridized carbons (Fsp3) is 0.500. The Bertz CT molecular complexity index is 732. The van der Waals surface area contributed by atoms with Crippen LogP contribution in [-0.2, 0) is 13.8 Å². The first kappa shape index (κ1) is 14.2. The summed E-state index contributed by atoms with van der Waals surface area (Å²) in [7, 11) is -1.84. The summed E-state index contributed by atoms with van der Waals surface area (Å²) in [5, 5.41) is 0. The molecule has 22 heavy (non-hydrogen) atoms. The van der Waals surface area contributed by atoms with Crippen LogP contribution in [0.2, 0.25) is 0 Å². The normalized spacial score (nSPS) is 35.4. The molecule has 2 aromatic heterocycles. The van der Waals surface area contributed by atoms with Gasteiger partial charge in [0.15, 0.2) is 0 Å². The van der Waals surface area contributed by atoms with Crippen molar-refractivity contribution >= 4 is 32.4 Å². The number of hydrogen-bond acceptors (Lipinski definition) is 8. The van der Waals surface area contributed by atoms with Crippen molar-refractivity contribution in [2.75, 3.05) is 12.3 Å². The molecule has 2 aliphatic heterocycles. The second-order valence-corrected chi connectivity index (χ2v) is 7.70. The van der Waals surface area contributed by atoms with Crippen LogP contribution in [-0.4, -0.2) is 57.0 Å². The molecule has 0 aromatic carbocycles. The van der Waals surface area contributed by atoms with Crippen LogP contribution in [0.15, 0.2) is 12.7 Å². The summed E-state index contributed by atoms with van der Waals surface area (Å²) < 4.78 is 32.4. The van der Waals surface area contributed by atoms with E-state index in [9.17, 15) is 9.28 Å². The number of alkyl halides is 1. The molecular weight excluding hydrogens is 315 g/mol. The third-order valence-electron chi connectivity index (χ3n) is 3.80. The molecule has 2 fully saturated rings. The van der Waals surface area contributed by atoms with Gasteiger partial charge in [0.2, 0.25) is 0 Å². The molecule has 4 rings (SSSR count). The maximum absolute atomic E-state index is 14.7. The van der Waals surface area contributed by atoms with Crippen LogP contribution in [0, 0.1) is 0 Å². The maximum atomic E-state index is 14.7. The topological polar surface area (TPSA) is 118 Å². The summed E-state index contributed by atoms with van der Waals surface area (Å²) in [5.41, 5.74) is 6.48. The molecule has 2 aromatic rings. The van der Waals surface area contributed by atoms with Crippen molar-refractivity contribution in [2.24, 2.45) is 0 Å². The first-order valence-corrected chi connectivity index (χ1v) is 8.99. The van der Waals surface area contributed by atoms with Gasteiger partial charge in [-0.3, -0.25) is 0 Å². The Kier molecular flexibility index (Phi) is 3.11. The number of imidazole rings is 1. The summed E-state index contributed by atoms with van der Waals surface area (Å²) in [6, 6.07) is 0. The number of anilines is 1. The van der Waals surface area contributed by atoms with Crippen molar-refractivity contribution in [2.45, 2.75) is 24.6 Å². The zero-order valence-electron chi connectivity index (χ0n) is 11.6. The molecule has 1 unspecified atom stereocenters. The molecule has 12 heteroatoms. The first-order chi connectivity index (χ1) is 10.5. The van der Waals surface area contributed by atoms with E-state index in [1.165, 1.54) is 24.8 Å². The monoisotopic (exact) mass is 329 g/mol. The zero-order chi connectivity index (χ0) is 15.5. The first-order valence-electron chi connectivity index (χ1n) is 6.73. The van der Waals surface area contributed by atoms with Gasteiger partial charge in [0.25, 0.3) is 0 Å². The fourth-order valence-corrected chi connectivity index (χ4v) is 4.10. The van der Waals surface area contributed by atoms with Crippen LogP contribution in [0.25, 0.3) is 11.2 Å². The average Bonchev–Trinajstić information content (AvgIpc) is 3.01. The summed E-state index contributed by atoms with van der Waals surface area (Å²) in [4.78, 5) is 21.9. The molecule has 0 amide bonds. The van der Waals surface area contributed by atoms with Gasteiger partial charge in [-0.15, -0.1) is 0 Å². The van der Waals surface area contributed by atoms with Gasteiger partial charge in [-0.2, -0.15) is 0 Å². The molecule has 0 saturated carbocycles. The molecular formula is C10H14BFN5O4P. The Morgan fingerprint density at radius 1 is 1.45 bits per heavy atom. The Morgan fingerprint density at radius 2 is 2.27 bits per heavy atom. The van der Waals surface area contributed by atoms with Crippen LogP contribution in [0.4, 0.5) is 10.2 Å².